The van der Waals surface area contributed by atoms with Crippen molar-refractivity contribution in [1.82, 2.24) is 5.32 Å². The number of rotatable bonds is 6. The third-order valence-electron chi connectivity index (χ3n) is 1.38. The van der Waals surface area contributed by atoms with Crippen LogP contribution in [0.15, 0.2) is 0 Å². The Morgan fingerprint density at radius 1 is 1.27 bits per heavy atom. The molecule has 0 fully saturated rings. The molecule has 62 valence electrons. The van der Waals surface area contributed by atoms with Crippen LogP contribution in [0.5, 0.6) is 0 Å². The van der Waals surface area contributed by atoms with Crippen LogP contribution in [0.25, 0.3) is 0 Å². The molecule has 0 aliphatic rings. The highest BCUT2D eigenvalue weighted by Crippen LogP contribution is 1.97. The monoisotopic (exact) mass is 155 g/mol. The summed E-state index contributed by atoms with van der Waals surface area (Å²) >= 11 is 0. The molecule has 0 atom stereocenters. The Labute approximate surface area is 68.6 Å². The molecule has 0 aliphatic carbocycles. The summed E-state index contributed by atoms with van der Waals surface area (Å²) in [6.45, 7) is 0.893. The molecule has 3 nitrogen and oxygen atoms in total. The summed E-state index contributed by atoms with van der Waals surface area (Å²) in [5.41, 5.74) is 0. The van der Waals surface area contributed by atoms with Crippen molar-refractivity contribution in [1.29, 1.82) is 0 Å². The maximum absolute atomic E-state index is 10.2. The van der Waals surface area contributed by atoms with E-state index in [1.807, 2.05) is 0 Å². The van der Waals surface area contributed by atoms with Gasteiger partial charge in [-0.05, 0) is 12.8 Å². The predicted molar refractivity (Wildman–Crippen MR) is 44.7 cm³/mol. The Bertz CT molecular complexity index is 109. The van der Waals surface area contributed by atoms with E-state index in [4.69, 9.17) is 13.0 Å². The number of aliphatic hydroxyl groups excluding tert-OH is 1. The zero-order chi connectivity index (χ0) is 8.53. The lowest BCUT2D eigenvalue weighted by Gasteiger charge is -2.00. The minimum atomic E-state index is -0.466. The lowest BCUT2D eigenvalue weighted by atomic mass is 10.1. The number of carbonyl (C=O) groups is 1. The lowest BCUT2D eigenvalue weighted by molar-refractivity contribution is 0.259. The first kappa shape index (κ1) is 10.5. The average molecular weight is 155 g/mol. The van der Waals surface area contributed by atoms with Crippen molar-refractivity contribution in [2.45, 2.75) is 25.7 Å². The Kier molecular flexibility index (Phi) is 7.25. The van der Waals surface area contributed by atoms with Gasteiger partial charge >= 0.3 is 0 Å². The molecule has 11 heavy (non-hydrogen) atoms. The fourth-order valence-electron chi connectivity index (χ4n) is 0.802. The van der Waals surface area contributed by atoms with E-state index in [9.17, 15) is 4.79 Å². The van der Waals surface area contributed by atoms with E-state index >= 15 is 0 Å². The van der Waals surface area contributed by atoms with Crippen LogP contribution >= 0.6 is 0 Å². The molecule has 0 saturated carbocycles. The molecule has 0 aromatic carbocycles. The Hall–Kier alpha value is -0.505. The quantitative estimate of drug-likeness (QED) is 0.431. The molecule has 2 radical (unpaired) electrons. The van der Waals surface area contributed by atoms with Crippen molar-refractivity contribution in [2.75, 3.05) is 13.2 Å². The minimum Gasteiger partial charge on any atom is -0.396 e. The van der Waals surface area contributed by atoms with Crippen LogP contribution in [-0.2, 0) is 0 Å². The van der Waals surface area contributed by atoms with Gasteiger partial charge in [0.15, 0.2) is 13.7 Å². The normalized spacial score (nSPS) is 9.55. The van der Waals surface area contributed by atoms with Gasteiger partial charge in [0, 0.05) is 13.2 Å². The van der Waals surface area contributed by atoms with Gasteiger partial charge in [-0.3, -0.25) is 4.79 Å². The second-order valence-electron chi connectivity index (χ2n) is 2.43. The van der Waals surface area contributed by atoms with Gasteiger partial charge < -0.3 is 10.4 Å². The van der Waals surface area contributed by atoms with Crippen LogP contribution in [0.2, 0.25) is 0 Å². The van der Waals surface area contributed by atoms with Crippen LogP contribution in [0.4, 0.5) is 4.79 Å². The topological polar surface area (TPSA) is 49.3 Å². The van der Waals surface area contributed by atoms with Gasteiger partial charge in [0.1, 0.15) is 0 Å². The largest absolute Gasteiger partial charge is 0.396 e. The molecule has 0 saturated heterocycles. The number of unbranched alkanes of at least 4 members (excludes halogenated alkanes) is 3. The number of carbonyl (C=O) groups excluding carboxylic acids is 1. The van der Waals surface area contributed by atoms with Gasteiger partial charge in [-0.1, -0.05) is 12.8 Å². The highest BCUT2D eigenvalue weighted by Gasteiger charge is 1.90. The number of nitrogens with one attached hydrogen (secondary N) is 1. The minimum absolute atomic E-state index is 0.253. The zero-order valence-electron chi connectivity index (χ0n) is 6.68. The summed E-state index contributed by atoms with van der Waals surface area (Å²) in [5, 5.41) is 10.9. The fourth-order valence-corrected chi connectivity index (χ4v) is 0.802. The molecule has 0 aliphatic heterocycles. The van der Waals surface area contributed by atoms with Gasteiger partial charge in [-0.25, -0.2) is 0 Å². The Morgan fingerprint density at radius 3 is 2.45 bits per heavy atom. The molecule has 0 unspecified atom stereocenters. The number of aliphatic hydroxyl groups is 1. The average Bonchev–Trinajstić information content (AvgIpc) is 1.96. The van der Waals surface area contributed by atoms with Crippen molar-refractivity contribution < 1.29 is 9.90 Å². The van der Waals surface area contributed by atoms with E-state index in [1.165, 1.54) is 0 Å². The maximum Gasteiger partial charge on any atom is 0.200 e. The standard InChI is InChI=1S/C7H14BNO2/c8-7(11)9-5-3-1-2-4-6-10/h10H,1-6H2,(H,9,11). The number of hydrogen-bond donors (Lipinski definition) is 2. The van der Waals surface area contributed by atoms with Crippen LogP contribution in [0, 0.1) is 0 Å². The number of hydrogen-bond acceptors (Lipinski definition) is 2. The molecular formula is C7H14BNO2. The second-order valence-corrected chi connectivity index (χ2v) is 2.43. The smallest absolute Gasteiger partial charge is 0.200 e. The third kappa shape index (κ3) is 9.49. The van der Waals surface area contributed by atoms with Crippen molar-refractivity contribution >= 4 is 13.7 Å². The molecule has 0 aromatic heterocycles. The highest BCUT2D eigenvalue weighted by molar-refractivity contribution is 6.57. The predicted octanol–water partition coefficient (Wildman–Crippen LogP) is 0.417. The summed E-state index contributed by atoms with van der Waals surface area (Å²) in [4.78, 5) is 10.2. The molecule has 2 N–H and O–H groups in total. The molecule has 0 bridgehead atoms. The van der Waals surface area contributed by atoms with Gasteiger partial charge in [-0.2, -0.15) is 0 Å². The molecule has 1 amide bonds. The summed E-state index contributed by atoms with van der Waals surface area (Å²) < 4.78 is 0. The fraction of sp³-hybridized carbons (Fsp3) is 0.857. The summed E-state index contributed by atoms with van der Waals surface area (Å²) in [5.74, 6) is -0.466. The molecule has 0 rings (SSSR count). The van der Waals surface area contributed by atoms with Crippen molar-refractivity contribution in [3.05, 3.63) is 0 Å². The van der Waals surface area contributed by atoms with E-state index in [0.717, 1.165) is 25.7 Å². The molecule has 4 heteroatoms. The first-order chi connectivity index (χ1) is 5.27. The lowest BCUT2D eigenvalue weighted by Crippen LogP contribution is -2.22. The third-order valence-corrected chi connectivity index (χ3v) is 1.38. The maximum atomic E-state index is 10.2. The first-order valence-corrected chi connectivity index (χ1v) is 3.91. The number of amides is 1. The van der Waals surface area contributed by atoms with Crippen LogP contribution < -0.4 is 5.32 Å². The van der Waals surface area contributed by atoms with Gasteiger partial charge in [-0.15, -0.1) is 0 Å². The Morgan fingerprint density at radius 2 is 1.91 bits per heavy atom. The van der Waals surface area contributed by atoms with Crippen LogP contribution in [0.1, 0.15) is 25.7 Å². The van der Waals surface area contributed by atoms with E-state index < -0.39 is 5.81 Å². The van der Waals surface area contributed by atoms with Crippen LogP contribution in [0.3, 0.4) is 0 Å². The summed E-state index contributed by atoms with van der Waals surface area (Å²) in [7, 11) is 4.84. The molecule has 0 spiro atoms. The van der Waals surface area contributed by atoms with Crippen molar-refractivity contribution in [3.63, 3.8) is 0 Å². The highest BCUT2D eigenvalue weighted by atomic mass is 16.2. The van der Waals surface area contributed by atoms with Gasteiger partial charge in [0.25, 0.3) is 0 Å². The van der Waals surface area contributed by atoms with Crippen LogP contribution in [-0.4, -0.2) is 31.9 Å². The molecule has 0 aromatic rings. The van der Waals surface area contributed by atoms with E-state index in [0.29, 0.717) is 6.54 Å². The van der Waals surface area contributed by atoms with Gasteiger partial charge in [0.2, 0.25) is 0 Å². The van der Waals surface area contributed by atoms with Crippen molar-refractivity contribution in [2.24, 2.45) is 0 Å². The molecular weight excluding hydrogens is 141 g/mol. The summed E-state index contributed by atoms with van der Waals surface area (Å²) in [6.07, 6.45) is 3.82. The Balaban J connectivity index is 2.85. The SMILES string of the molecule is [B]C(=O)NCCCCCCO. The van der Waals surface area contributed by atoms with E-state index in [-0.39, 0.29) is 6.61 Å². The molecule has 0 heterocycles. The first-order valence-electron chi connectivity index (χ1n) is 3.91. The van der Waals surface area contributed by atoms with Crippen molar-refractivity contribution in [3.8, 4) is 0 Å². The van der Waals surface area contributed by atoms with E-state index in [1.54, 1.807) is 0 Å². The summed E-state index contributed by atoms with van der Waals surface area (Å²) in [6, 6.07) is 0. The van der Waals surface area contributed by atoms with E-state index in [2.05, 4.69) is 5.32 Å². The van der Waals surface area contributed by atoms with Gasteiger partial charge in [0.05, 0.1) is 0 Å². The second kappa shape index (κ2) is 7.60. The zero-order valence-corrected chi connectivity index (χ0v) is 6.68.